The molecule has 2 rings (SSSR count). The zero-order valence-corrected chi connectivity index (χ0v) is 7.96. The molecule has 2 aliphatic heterocycles. The molecule has 0 saturated carbocycles. The number of fused-ring (bicyclic) bond motifs is 1. The van der Waals surface area contributed by atoms with Gasteiger partial charge in [-0.2, -0.15) is 0 Å². The lowest BCUT2D eigenvalue weighted by Crippen LogP contribution is -2.37. The van der Waals surface area contributed by atoms with E-state index in [4.69, 9.17) is 19.9 Å². The molecule has 2 fully saturated rings. The maximum atomic E-state index is 10.3. The maximum Gasteiger partial charge on any atom is 0.133 e. The fourth-order valence-electron chi connectivity index (χ4n) is 1.84. The number of hydrogen-bond donors (Lipinski definition) is 2. The maximum absolute atomic E-state index is 10.3. The molecule has 2 saturated heterocycles. The average Bonchev–Trinajstić information content (AvgIpc) is 2.70. The molecule has 16 heavy (non-hydrogen) atoms. The van der Waals surface area contributed by atoms with Crippen molar-refractivity contribution in [3.05, 3.63) is 10.4 Å². The highest BCUT2D eigenvalue weighted by Gasteiger charge is 2.49. The van der Waals surface area contributed by atoms with Crippen LogP contribution in [-0.2, 0) is 19.1 Å². The molecular formula is C6H10N2O8-2. The summed E-state index contributed by atoms with van der Waals surface area (Å²) in [6.07, 6.45) is -2.82. The minimum absolute atomic E-state index is 0.0127. The monoisotopic (exact) mass is 238 g/mol. The second kappa shape index (κ2) is 4.85. The molecule has 4 atom stereocenters. The Morgan fingerprint density at radius 3 is 1.62 bits per heavy atom. The quantitative estimate of drug-likeness (QED) is 0.573. The van der Waals surface area contributed by atoms with Gasteiger partial charge in [0.05, 0.1) is 13.2 Å². The Labute approximate surface area is 89.4 Å². The standard InChI is InChI=1S/C6H10N2O8/c9-7(10)15-3-1-13-6-4(16-8(11)12)2-14-5(3)6/h3-6,9,11H,1-2H2/q-2/t3-,4+,5-,6-/m1/s1. The molecule has 0 bridgehead atoms. The smallest absolute Gasteiger partial charge is 0.133 e. The van der Waals surface area contributed by atoms with E-state index in [0.717, 1.165) is 0 Å². The Kier molecular flexibility index (Phi) is 3.66. The van der Waals surface area contributed by atoms with E-state index in [1.54, 1.807) is 0 Å². The Morgan fingerprint density at radius 2 is 1.31 bits per heavy atom. The number of nitrogens with zero attached hydrogens (tertiary/aromatic N) is 2. The van der Waals surface area contributed by atoms with Gasteiger partial charge in [0.1, 0.15) is 24.4 Å². The van der Waals surface area contributed by atoms with E-state index in [2.05, 4.69) is 9.68 Å². The van der Waals surface area contributed by atoms with Gasteiger partial charge in [-0.1, -0.05) is 0 Å². The van der Waals surface area contributed by atoms with E-state index in [9.17, 15) is 10.4 Å². The number of hydrogen-bond acceptors (Lipinski definition) is 10. The van der Waals surface area contributed by atoms with E-state index in [1.165, 1.54) is 0 Å². The zero-order chi connectivity index (χ0) is 11.7. The highest BCUT2D eigenvalue weighted by atomic mass is 17.1. The molecule has 0 spiro atoms. The molecule has 2 N–H and O–H groups in total. The number of ether oxygens (including phenoxy) is 2. The summed E-state index contributed by atoms with van der Waals surface area (Å²) in [6.45, 7) is 0.0254. The average molecular weight is 238 g/mol. The lowest BCUT2D eigenvalue weighted by molar-refractivity contribution is -0.338. The Hall–Kier alpha value is -0.400. The van der Waals surface area contributed by atoms with Crippen LogP contribution in [0.2, 0.25) is 0 Å². The highest BCUT2D eigenvalue weighted by molar-refractivity contribution is 4.95. The van der Waals surface area contributed by atoms with Gasteiger partial charge in [-0.15, -0.1) is 10.8 Å². The lowest BCUT2D eigenvalue weighted by atomic mass is 10.1. The van der Waals surface area contributed by atoms with Crippen molar-refractivity contribution >= 4 is 0 Å². The van der Waals surface area contributed by atoms with Gasteiger partial charge in [0.15, 0.2) is 0 Å². The summed E-state index contributed by atoms with van der Waals surface area (Å²) in [5.41, 5.74) is 0. The summed E-state index contributed by atoms with van der Waals surface area (Å²) in [4.78, 5) is 8.90. The van der Waals surface area contributed by atoms with Crippen molar-refractivity contribution < 1.29 is 29.6 Å². The third-order valence-corrected chi connectivity index (χ3v) is 2.41. The molecule has 0 radical (unpaired) electrons. The summed E-state index contributed by atoms with van der Waals surface area (Å²) in [5, 5.41) is 35.9. The highest BCUT2D eigenvalue weighted by Crippen LogP contribution is 2.30. The van der Waals surface area contributed by atoms with Gasteiger partial charge < -0.3 is 30.3 Å². The van der Waals surface area contributed by atoms with Gasteiger partial charge in [-0.3, -0.25) is 9.68 Å². The Morgan fingerprint density at radius 1 is 0.938 bits per heavy atom. The largest absolute Gasteiger partial charge is 0.738 e. The van der Waals surface area contributed by atoms with E-state index >= 15 is 0 Å². The van der Waals surface area contributed by atoms with Crippen LogP contribution in [0.15, 0.2) is 0 Å². The molecule has 0 aromatic rings. The third kappa shape index (κ3) is 2.46. The van der Waals surface area contributed by atoms with E-state index < -0.39 is 35.2 Å². The summed E-state index contributed by atoms with van der Waals surface area (Å²) in [6, 6.07) is 0. The van der Waals surface area contributed by atoms with Crippen LogP contribution < -0.4 is 0 Å². The molecule has 0 aromatic heterocycles. The van der Waals surface area contributed by atoms with Crippen LogP contribution in [0.4, 0.5) is 0 Å². The molecule has 2 aliphatic rings. The van der Waals surface area contributed by atoms with Gasteiger partial charge in [-0.25, -0.2) is 0 Å². The fraction of sp³-hybridized carbons (Fsp3) is 1.00. The van der Waals surface area contributed by atoms with Crippen molar-refractivity contribution in [1.29, 1.82) is 0 Å². The van der Waals surface area contributed by atoms with Crippen molar-refractivity contribution in [1.82, 2.24) is 10.8 Å². The molecule has 0 aliphatic carbocycles. The predicted octanol–water partition coefficient (Wildman–Crippen LogP) is -1.24. The minimum Gasteiger partial charge on any atom is -0.738 e. The van der Waals surface area contributed by atoms with E-state index in [-0.39, 0.29) is 13.2 Å². The summed E-state index contributed by atoms with van der Waals surface area (Å²) in [5.74, 6) is 0. The van der Waals surface area contributed by atoms with Gasteiger partial charge in [0, 0.05) is 0 Å². The second-order valence-corrected chi connectivity index (χ2v) is 3.36. The molecule has 0 amide bonds. The first-order valence-electron chi connectivity index (χ1n) is 4.47. The summed E-state index contributed by atoms with van der Waals surface area (Å²) < 4.78 is 10.4. The van der Waals surface area contributed by atoms with Gasteiger partial charge in [0.25, 0.3) is 0 Å². The van der Waals surface area contributed by atoms with Crippen LogP contribution in [0.25, 0.3) is 0 Å². The topological polar surface area (TPSA) is 130 Å². The Balaban J connectivity index is 1.90. The van der Waals surface area contributed by atoms with Crippen LogP contribution in [0, 0.1) is 10.4 Å². The van der Waals surface area contributed by atoms with Gasteiger partial charge in [0.2, 0.25) is 0 Å². The van der Waals surface area contributed by atoms with Crippen molar-refractivity contribution in [2.45, 2.75) is 24.4 Å². The van der Waals surface area contributed by atoms with Crippen molar-refractivity contribution in [2.75, 3.05) is 13.2 Å². The third-order valence-electron chi connectivity index (χ3n) is 2.41. The van der Waals surface area contributed by atoms with Crippen LogP contribution >= 0.6 is 0 Å². The zero-order valence-electron chi connectivity index (χ0n) is 7.96. The number of rotatable bonds is 4. The van der Waals surface area contributed by atoms with Crippen LogP contribution in [0.1, 0.15) is 0 Å². The molecule has 94 valence electrons. The first-order valence-corrected chi connectivity index (χ1v) is 4.47. The summed E-state index contributed by atoms with van der Waals surface area (Å²) in [7, 11) is 0. The van der Waals surface area contributed by atoms with Crippen molar-refractivity contribution in [3.8, 4) is 0 Å². The van der Waals surface area contributed by atoms with Crippen LogP contribution in [-0.4, -0.2) is 58.8 Å². The van der Waals surface area contributed by atoms with E-state index in [1.807, 2.05) is 0 Å². The normalized spacial score (nSPS) is 38.6. The molecule has 0 unspecified atom stereocenters. The first-order chi connectivity index (χ1) is 7.58. The first kappa shape index (κ1) is 12.1. The predicted molar refractivity (Wildman–Crippen MR) is 43.2 cm³/mol. The van der Waals surface area contributed by atoms with E-state index in [0.29, 0.717) is 0 Å². The molecule has 2 heterocycles. The second-order valence-electron chi connectivity index (χ2n) is 3.36. The van der Waals surface area contributed by atoms with Crippen molar-refractivity contribution in [2.24, 2.45) is 0 Å². The Bertz CT molecular complexity index is 215. The van der Waals surface area contributed by atoms with Crippen LogP contribution in [0.3, 0.4) is 0 Å². The fourth-order valence-corrected chi connectivity index (χ4v) is 1.84. The molecular weight excluding hydrogens is 228 g/mol. The molecule has 0 aromatic carbocycles. The van der Waals surface area contributed by atoms with Crippen molar-refractivity contribution in [3.63, 3.8) is 0 Å². The lowest BCUT2D eigenvalue weighted by Gasteiger charge is -2.25. The van der Waals surface area contributed by atoms with Gasteiger partial charge in [-0.05, 0) is 0 Å². The molecule has 10 heteroatoms. The molecule has 10 nitrogen and oxygen atoms in total. The SMILES string of the molecule is [O-]N(O)O[C@H]1CO[C@H]2[C@@H]1OC[C@H]2ON([O-])O. The minimum atomic E-state index is -0.778. The van der Waals surface area contributed by atoms with Gasteiger partial charge >= 0.3 is 0 Å². The summed E-state index contributed by atoms with van der Waals surface area (Å²) >= 11 is 0. The van der Waals surface area contributed by atoms with Crippen LogP contribution in [0.5, 0.6) is 0 Å².